The fraction of sp³-hybridized carbons (Fsp3) is 0.111. The second kappa shape index (κ2) is 4.93. The summed E-state index contributed by atoms with van der Waals surface area (Å²) >= 11 is 6.84. The van der Waals surface area contributed by atoms with E-state index in [1.807, 2.05) is 0 Å². The molecule has 4 aromatic carbocycles. The van der Waals surface area contributed by atoms with E-state index in [9.17, 15) is 0 Å². The minimum Gasteiger partial charge on any atom is -0.308 e. The Kier molecular flexibility index (Phi) is 2.69. The van der Waals surface area contributed by atoms with Crippen molar-refractivity contribution in [3.8, 4) is 27.9 Å². The van der Waals surface area contributed by atoms with Crippen LogP contribution in [-0.2, 0) is 5.41 Å². The van der Waals surface area contributed by atoms with Gasteiger partial charge < -0.3 is 4.57 Å². The van der Waals surface area contributed by atoms with E-state index in [1.165, 1.54) is 60.9 Å². The molecule has 0 unspecified atom stereocenters. The molecule has 0 bridgehead atoms. The number of aromatic nitrogens is 1. The lowest BCUT2D eigenvalue weighted by Gasteiger charge is -2.24. The molecule has 0 radical (unpaired) electrons. The molecule has 2 heterocycles. The van der Waals surface area contributed by atoms with Crippen molar-refractivity contribution in [1.82, 2.24) is 4.57 Å². The number of fused-ring (bicyclic) bond motifs is 6. The maximum absolute atomic E-state index is 6.84. The molecular formula is C27H18ClN. The summed E-state index contributed by atoms with van der Waals surface area (Å²) in [5.74, 6) is 0. The van der Waals surface area contributed by atoms with E-state index in [1.54, 1.807) is 0 Å². The maximum atomic E-state index is 6.84. The van der Waals surface area contributed by atoms with Crippen LogP contribution in [0.3, 0.4) is 0 Å². The summed E-state index contributed by atoms with van der Waals surface area (Å²) in [5, 5.41) is 3.47. The standard InChI is InChI=1S/C27H18ClN/c1-27(2)19-13-11-18-16-8-4-6-10-22(16)29-21-9-5-3-7-15(21)17-12-14-20(28)25(27)23(17)24(19)26(18)29/h3-14H,1-2H3. The smallest absolute Gasteiger partial charge is 0.0623 e. The highest BCUT2D eigenvalue weighted by Gasteiger charge is 2.42. The highest BCUT2D eigenvalue weighted by atomic mass is 35.5. The zero-order valence-electron chi connectivity index (χ0n) is 16.3. The Bertz CT molecular complexity index is 1530. The Morgan fingerprint density at radius 3 is 2.41 bits per heavy atom. The van der Waals surface area contributed by atoms with Gasteiger partial charge in [-0.2, -0.15) is 0 Å². The number of hydrogen-bond donors (Lipinski definition) is 0. The average molecular weight is 392 g/mol. The van der Waals surface area contributed by atoms with Gasteiger partial charge in [0.2, 0.25) is 0 Å². The lowest BCUT2D eigenvalue weighted by atomic mass is 9.81. The minimum atomic E-state index is -0.125. The van der Waals surface area contributed by atoms with E-state index in [0.29, 0.717) is 0 Å². The van der Waals surface area contributed by atoms with E-state index < -0.39 is 0 Å². The van der Waals surface area contributed by atoms with Gasteiger partial charge in [-0.15, -0.1) is 0 Å². The normalized spacial score (nSPS) is 15.0. The van der Waals surface area contributed by atoms with Crippen molar-refractivity contribution in [2.75, 3.05) is 0 Å². The highest BCUT2D eigenvalue weighted by Crippen LogP contribution is 2.59. The summed E-state index contributed by atoms with van der Waals surface area (Å²) in [6, 6.07) is 26.4. The van der Waals surface area contributed by atoms with Crippen LogP contribution in [0, 0.1) is 0 Å². The molecule has 0 saturated carbocycles. The molecule has 0 spiro atoms. The lowest BCUT2D eigenvalue weighted by molar-refractivity contribution is 0.661. The molecular weight excluding hydrogens is 374 g/mol. The monoisotopic (exact) mass is 391 g/mol. The Morgan fingerprint density at radius 2 is 1.52 bits per heavy atom. The molecule has 7 rings (SSSR count). The second-order valence-corrected chi connectivity index (χ2v) is 9.13. The zero-order valence-corrected chi connectivity index (χ0v) is 17.0. The molecule has 5 aromatic rings. The fourth-order valence-electron chi connectivity index (χ4n) is 5.79. The summed E-state index contributed by atoms with van der Waals surface area (Å²) in [6.07, 6.45) is 0. The maximum Gasteiger partial charge on any atom is 0.0623 e. The quantitative estimate of drug-likeness (QED) is 0.249. The van der Waals surface area contributed by atoms with Crippen LogP contribution in [0.15, 0.2) is 72.8 Å². The Morgan fingerprint density at radius 1 is 0.724 bits per heavy atom. The average Bonchev–Trinajstić information content (AvgIpc) is 3.14. The molecule has 1 aliphatic heterocycles. The molecule has 0 N–H and O–H groups in total. The van der Waals surface area contributed by atoms with Gasteiger partial charge in [0.25, 0.3) is 0 Å². The summed E-state index contributed by atoms with van der Waals surface area (Å²) in [6.45, 7) is 4.61. The predicted molar refractivity (Wildman–Crippen MR) is 122 cm³/mol. The molecule has 2 heteroatoms. The molecule has 29 heavy (non-hydrogen) atoms. The lowest BCUT2D eigenvalue weighted by Crippen LogP contribution is -2.16. The first-order valence-electron chi connectivity index (χ1n) is 10.1. The Balaban J connectivity index is 1.88. The summed E-state index contributed by atoms with van der Waals surface area (Å²) in [4.78, 5) is 0. The summed E-state index contributed by atoms with van der Waals surface area (Å²) in [7, 11) is 0. The van der Waals surface area contributed by atoms with Gasteiger partial charge in [0.15, 0.2) is 0 Å². The first-order chi connectivity index (χ1) is 14.1. The molecule has 138 valence electrons. The number of rotatable bonds is 0. The van der Waals surface area contributed by atoms with Gasteiger partial charge in [-0.1, -0.05) is 80.0 Å². The van der Waals surface area contributed by atoms with Gasteiger partial charge in [0.1, 0.15) is 0 Å². The van der Waals surface area contributed by atoms with Crippen LogP contribution in [0.2, 0.25) is 5.02 Å². The van der Waals surface area contributed by atoms with Gasteiger partial charge in [-0.05, 0) is 40.5 Å². The predicted octanol–water partition coefficient (Wildman–Crippen LogP) is 7.72. The van der Waals surface area contributed by atoms with Gasteiger partial charge in [0.05, 0.1) is 16.7 Å². The third-order valence-electron chi connectivity index (χ3n) is 6.97. The van der Waals surface area contributed by atoms with Gasteiger partial charge in [0, 0.05) is 32.3 Å². The molecule has 0 fully saturated rings. The first kappa shape index (κ1) is 15.8. The third kappa shape index (κ3) is 1.66. The van der Waals surface area contributed by atoms with Crippen molar-refractivity contribution in [3.63, 3.8) is 0 Å². The van der Waals surface area contributed by atoms with Crippen LogP contribution in [0.25, 0.3) is 49.7 Å². The Labute approximate surface area is 174 Å². The topological polar surface area (TPSA) is 4.93 Å². The largest absolute Gasteiger partial charge is 0.308 e. The van der Waals surface area contributed by atoms with Crippen molar-refractivity contribution >= 4 is 33.4 Å². The van der Waals surface area contributed by atoms with Gasteiger partial charge in [-0.25, -0.2) is 0 Å². The van der Waals surface area contributed by atoms with Crippen molar-refractivity contribution in [3.05, 3.63) is 88.9 Å². The molecule has 0 atom stereocenters. The van der Waals surface area contributed by atoms with E-state index in [4.69, 9.17) is 11.6 Å². The van der Waals surface area contributed by atoms with Crippen LogP contribution in [0.5, 0.6) is 0 Å². The van der Waals surface area contributed by atoms with Gasteiger partial charge >= 0.3 is 0 Å². The molecule has 1 aliphatic carbocycles. The first-order valence-corrected chi connectivity index (χ1v) is 10.5. The van der Waals surface area contributed by atoms with E-state index in [2.05, 4.69) is 91.2 Å². The number of benzene rings is 4. The molecule has 1 nitrogen and oxygen atoms in total. The van der Waals surface area contributed by atoms with Crippen molar-refractivity contribution in [2.24, 2.45) is 0 Å². The van der Waals surface area contributed by atoms with Crippen molar-refractivity contribution < 1.29 is 0 Å². The zero-order chi connectivity index (χ0) is 19.5. The summed E-state index contributed by atoms with van der Waals surface area (Å²) in [5.41, 5.74) is 11.5. The SMILES string of the molecule is CC1(C)c2ccc3c4ccccc4n4c3c2-c2c(ccc(Cl)c21)-c1ccccc1-4. The van der Waals surface area contributed by atoms with Crippen LogP contribution >= 0.6 is 11.6 Å². The number of halogens is 1. The van der Waals surface area contributed by atoms with Crippen LogP contribution in [-0.4, -0.2) is 4.57 Å². The second-order valence-electron chi connectivity index (χ2n) is 8.72. The number of nitrogens with zero attached hydrogens (tertiary/aromatic N) is 1. The van der Waals surface area contributed by atoms with E-state index in [0.717, 1.165) is 5.02 Å². The van der Waals surface area contributed by atoms with Gasteiger partial charge in [-0.3, -0.25) is 0 Å². The van der Waals surface area contributed by atoms with E-state index in [-0.39, 0.29) is 5.41 Å². The molecule has 2 aliphatic rings. The molecule has 1 aromatic heterocycles. The highest BCUT2D eigenvalue weighted by molar-refractivity contribution is 6.33. The van der Waals surface area contributed by atoms with Crippen LogP contribution < -0.4 is 0 Å². The van der Waals surface area contributed by atoms with Crippen LogP contribution in [0.4, 0.5) is 0 Å². The number of para-hydroxylation sites is 2. The van der Waals surface area contributed by atoms with Crippen LogP contribution in [0.1, 0.15) is 25.0 Å². The molecule has 0 amide bonds. The summed E-state index contributed by atoms with van der Waals surface area (Å²) < 4.78 is 2.47. The van der Waals surface area contributed by atoms with Crippen molar-refractivity contribution in [2.45, 2.75) is 19.3 Å². The fourth-order valence-corrected chi connectivity index (χ4v) is 6.18. The minimum absolute atomic E-state index is 0.125. The van der Waals surface area contributed by atoms with E-state index >= 15 is 0 Å². The number of hydrogen-bond acceptors (Lipinski definition) is 0. The Hall–Kier alpha value is -3.03. The third-order valence-corrected chi connectivity index (χ3v) is 7.29. The van der Waals surface area contributed by atoms with Crippen molar-refractivity contribution in [1.29, 1.82) is 0 Å². The molecule has 0 saturated heterocycles.